The van der Waals surface area contributed by atoms with Crippen LogP contribution in [0.2, 0.25) is 0 Å². The standard InChI is InChI=1S/C16H20N2O3/c1-2-10-21-15-11-13(12-18-9-3-8-17-18)4-5-14(15)6-7-16(19)20/h3-5,8-9,11H,2,6-7,10,12H2,1H3,(H,19,20). The molecule has 0 aliphatic carbocycles. The summed E-state index contributed by atoms with van der Waals surface area (Å²) in [6.07, 6.45) is 5.17. The van der Waals surface area contributed by atoms with Crippen LogP contribution < -0.4 is 4.74 Å². The van der Waals surface area contributed by atoms with Gasteiger partial charge in [-0.15, -0.1) is 0 Å². The lowest BCUT2D eigenvalue weighted by molar-refractivity contribution is -0.136. The molecule has 0 atom stereocenters. The minimum atomic E-state index is -0.794. The second-order valence-corrected chi connectivity index (χ2v) is 4.89. The first-order valence-corrected chi connectivity index (χ1v) is 7.13. The monoisotopic (exact) mass is 288 g/mol. The number of carbonyl (C=O) groups is 1. The number of ether oxygens (including phenoxy) is 1. The molecule has 5 heteroatoms. The number of aromatic nitrogens is 2. The highest BCUT2D eigenvalue weighted by molar-refractivity contribution is 5.67. The minimum Gasteiger partial charge on any atom is -0.493 e. The van der Waals surface area contributed by atoms with Gasteiger partial charge in [0.2, 0.25) is 0 Å². The van der Waals surface area contributed by atoms with E-state index in [1.807, 2.05) is 42.1 Å². The number of nitrogens with zero attached hydrogens (tertiary/aromatic N) is 2. The van der Waals surface area contributed by atoms with E-state index in [-0.39, 0.29) is 6.42 Å². The highest BCUT2D eigenvalue weighted by atomic mass is 16.5. The SMILES string of the molecule is CCCOc1cc(Cn2cccn2)ccc1CCC(=O)O. The maximum absolute atomic E-state index is 10.7. The van der Waals surface area contributed by atoms with Gasteiger partial charge in [0.05, 0.1) is 13.2 Å². The molecule has 21 heavy (non-hydrogen) atoms. The van der Waals surface area contributed by atoms with E-state index in [9.17, 15) is 4.79 Å². The van der Waals surface area contributed by atoms with Crippen molar-refractivity contribution in [2.75, 3.05) is 6.61 Å². The van der Waals surface area contributed by atoms with Crippen molar-refractivity contribution in [3.05, 3.63) is 47.8 Å². The summed E-state index contributed by atoms with van der Waals surface area (Å²) in [5.74, 6) is -0.0141. The third-order valence-electron chi connectivity index (χ3n) is 3.11. The fraction of sp³-hybridized carbons (Fsp3) is 0.375. The van der Waals surface area contributed by atoms with E-state index in [2.05, 4.69) is 5.10 Å². The van der Waals surface area contributed by atoms with Gasteiger partial charge >= 0.3 is 5.97 Å². The van der Waals surface area contributed by atoms with Crippen LogP contribution in [0.3, 0.4) is 0 Å². The van der Waals surface area contributed by atoms with Crippen molar-refractivity contribution in [3.63, 3.8) is 0 Å². The van der Waals surface area contributed by atoms with Gasteiger partial charge in [-0.1, -0.05) is 19.1 Å². The average molecular weight is 288 g/mol. The molecule has 112 valence electrons. The van der Waals surface area contributed by atoms with Gasteiger partial charge in [-0.05, 0) is 36.1 Å². The zero-order chi connectivity index (χ0) is 15.1. The van der Waals surface area contributed by atoms with Crippen LogP contribution in [-0.2, 0) is 17.8 Å². The maximum atomic E-state index is 10.7. The number of hydrogen-bond donors (Lipinski definition) is 1. The first-order chi connectivity index (χ1) is 10.2. The van der Waals surface area contributed by atoms with Gasteiger partial charge in [-0.3, -0.25) is 9.48 Å². The van der Waals surface area contributed by atoms with E-state index in [0.717, 1.165) is 23.3 Å². The molecule has 2 aromatic rings. The molecule has 0 amide bonds. The molecular weight excluding hydrogens is 268 g/mol. The third-order valence-corrected chi connectivity index (χ3v) is 3.11. The van der Waals surface area contributed by atoms with Crippen molar-refractivity contribution >= 4 is 5.97 Å². The molecular formula is C16H20N2O3. The molecule has 0 aliphatic rings. The van der Waals surface area contributed by atoms with E-state index >= 15 is 0 Å². The van der Waals surface area contributed by atoms with Crippen LogP contribution in [0.15, 0.2) is 36.7 Å². The number of carboxylic acids is 1. The summed E-state index contributed by atoms with van der Waals surface area (Å²) >= 11 is 0. The summed E-state index contributed by atoms with van der Waals surface area (Å²) in [5, 5.41) is 13.0. The first kappa shape index (κ1) is 15.1. The molecule has 0 aliphatic heterocycles. The summed E-state index contributed by atoms with van der Waals surface area (Å²) in [7, 11) is 0. The zero-order valence-electron chi connectivity index (χ0n) is 12.2. The summed E-state index contributed by atoms with van der Waals surface area (Å²) < 4.78 is 7.60. The molecule has 0 bridgehead atoms. The first-order valence-electron chi connectivity index (χ1n) is 7.13. The Labute approximate surface area is 124 Å². The van der Waals surface area contributed by atoms with Crippen LogP contribution in [0.4, 0.5) is 0 Å². The highest BCUT2D eigenvalue weighted by Crippen LogP contribution is 2.23. The van der Waals surface area contributed by atoms with Crippen molar-refractivity contribution in [1.82, 2.24) is 9.78 Å². The van der Waals surface area contributed by atoms with E-state index in [1.54, 1.807) is 6.20 Å². The van der Waals surface area contributed by atoms with Crippen LogP contribution >= 0.6 is 0 Å². The van der Waals surface area contributed by atoms with Gasteiger partial charge in [0.25, 0.3) is 0 Å². The Morgan fingerprint density at radius 2 is 2.29 bits per heavy atom. The van der Waals surface area contributed by atoms with Gasteiger partial charge in [-0.25, -0.2) is 0 Å². The smallest absolute Gasteiger partial charge is 0.303 e. The number of benzene rings is 1. The molecule has 0 unspecified atom stereocenters. The number of hydrogen-bond acceptors (Lipinski definition) is 3. The van der Waals surface area contributed by atoms with E-state index in [4.69, 9.17) is 9.84 Å². The zero-order valence-corrected chi connectivity index (χ0v) is 12.2. The Kier molecular flexibility index (Phi) is 5.37. The Hall–Kier alpha value is -2.30. The molecule has 0 spiro atoms. The Bertz CT molecular complexity index is 579. The normalized spacial score (nSPS) is 10.5. The van der Waals surface area contributed by atoms with Crippen LogP contribution in [0.1, 0.15) is 30.9 Å². The van der Waals surface area contributed by atoms with Crippen molar-refractivity contribution in [2.24, 2.45) is 0 Å². The van der Waals surface area contributed by atoms with Crippen LogP contribution in [-0.4, -0.2) is 27.5 Å². The molecule has 5 nitrogen and oxygen atoms in total. The number of carboxylic acid groups (broad SMARTS) is 1. The molecule has 0 fully saturated rings. The summed E-state index contributed by atoms with van der Waals surface area (Å²) in [6, 6.07) is 7.81. The third kappa shape index (κ3) is 4.63. The largest absolute Gasteiger partial charge is 0.493 e. The minimum absolute atomic E-state index is 0.112. The molecule has 1 aromatic heterocycles. The fourth-order valence-electron chi connectivity index (χ4n) is 2.07. The summed E-state index contributed by atoms with van der Waals surface area (Å²) in [5.41, 5.74) is 2.03. The number of rotatable bonds is 8. The molecule has 1 N–H and O–H groups in total. The van der Waals surface area contributed by atoms with Gasteiger partial charge in [0.1, 0.15) is 5.75 Å². The van der Waals surface area contributed by atoms with Crippen LogP contribution in [0, 0.1) is 0 Å². The van der Waals surface area contributed by atoms with Crippen LogP contribution in [0.25, 0.3) is 0 Å². The topological polar surface area (TPSA) is 64.4 Å². The Balaban J connectivity index is 2.14. The van der Waals surface area contributed by atoms with Gasteiger partial charge in [-0.2, -0.15) is 5.10 Å². The molecule has 0 radical (unpaired) electrons. The van der Waals surface area contributed by atoms with Crippen molar-refractivity contribution in [1.29, 1.82) is 0 Å². The molecule has 0 saturated heterocycles. The Morgan fingerprint density at radius 1 is 1.43 bits per heavy atom. The lowest BCUT2D eigenvalue weighted by Gasteiger charge is -2.12. The molecule has 0 saturated carbocycles. The summed E-state index contributed by atoms with van der Waals surface area (Å²) in [4.78, 5) is 10.7. The van der Waals surface area contributed by atoms with Crippen molar-refractivity contribution < 1.29 is 14.6 Å². The van der Waals surface area contributed by atoms with Gasteiger partial charge < -0.3 is 9.84 Å². The van der Waals surface area contributed by atoms with E-state index < -0.39 is 5.97 Å². The number of aryl methyl sites for hydroxylation is 1. The number of aliphatic carboxylic acids is 1. The van der Waals surface area contributed by atoms with E-state index in [0.29, 0.717) is 19.6 Å². The second-order valence-electron chi connectivity index (χ2n) is 4.89. The lowest BCUT2D eigenvalue weighted by atomic mass is 10.1. The average Bonchev–Trinajstić information content (AvgIpc) is 2.96. The fourth-order valence-corrected chi connectivity index (χ4v) is 2.07. The molecule has 1 aromatic carbocycles. The predicted molar refractivity (Wildman–Crippen MR) is 79.5 cm³/mol. The lowest BCUT2D eigenvalue weighted by Crippen LogP contribution is -2.05. The molecule has 1 heterocycles. The van der Waals surface area contributed by atoms with Crippen molar-refractivity contribution in [3.8, 4) is 5.75 Å². The predicted octanol–water partition coefficient (Wildman–Crippen LogP) is 2.74. The van der Waals surface area contributed by atoms with Gasteiger partial charge in [0.15, 0.2) is 0 Å². The Morgan fingerprint density at radius 3 is 2.95 bits per heavy atom. The quantitative estimate of drug-likeness (QED) is 0.811. The maximum Gasteiger partial charge on any atom is 0.303 e. The van der Waals surface area contributed by atoms with E-state index in [1.165, 1.54) is 0 Å². The van der Waals surface area contributed by atoms with Crippen molar-refractivity contribution in [2.45, 2.75) is 32.7 Å². The summed E-state index contributed by atoms with van der Waals surface area (Å²) in [6.45, 7) is 3.35. The highest BCUT2D eigenvalue weighted by Gasteiger charge is 2.08. The second kappa shape index (κ2) is 7.47. The van der Waals surface area contributed by atoms with Gasteiger partial charge in [0, 0.05) is 18.8 Å². The molecule has 2 rings (SSSR count). The van der Waals surface area contributed by atoms with Crippen LogP contribution in [0.5, 0.6) is 5.75 Å².